The van der Waals surface area contributed by atoms with Crippen LogP contribution in [-0.4, -0.2) is 6.54 Å². The summed E-state index contributed by atoms with van der Waals surface area (Å²) >= 11 is 0. The van der Waals surface area contributed by atoms with Crippen LogP contribution in [0.4, 0.5) is 8.78 Å². The quantitative estimate of drug-likeness (QED) is 0.677. The molecule has 0 unspecified atom stereocenters. The van der Waals surface area contributed by atoms with Crippen molar-refractivity contribution in [2.75, 3.05) is 6.54 Å². The fourth-order valence-electron chi connectivity index (χ4n) is 2.14. The topological polar surface area (TPSA) is 12.0 Å². The highest BCUT2D eigenvalue weighted by molar-refractivity contribution is 5.17. The van der Waals surface area contributed by atoms with E-state index in [0.717, 1.165) is 12.1 Å². The maximum atomic E-state index is 13.0. The highest BCUT2D eigenvalue weighted by atomic mass is 19.2. The third kappa shape index (κ3) is 6.15. The van der Waals surface area contributed by atoms with Crippen LogP contribution < -0.4 is 5.32 Å². The van der Waals surface area contributed by atoms with Crippen LogP contribution in [0.15, 0.2) is 18.2 Å². The first-order chi connectivity index (χ1) is 8.94. The highest BCUT2D eigenvalue weighted by Crippen LogP contribution is 2.22. The van der Waals surface area contributed by atoms with Crippen molar-refractivity contribution in [1.29, 1.82) is 0 Å². The van der Waals surface area contributed by atoms with Gasteiger partial charge in [0.05, 0.1) is 0 Å². The molecular weight excluding hydrogens is 244 g/mol. The van der Waals surface area contributed by atoms with Gasteiger partial charge < -0.3 is 5.32 Å². The Kier molecular flexibility index (Phi) is 6.43. The predicted molar refractivity (Wildman–Crippen MR) is 76.0 cm³/mol. The third-order valence-corrected chi connectivity index (χ3v) is 3.37. The van der Waals surface area contributed by atoms with E-state index < -0.39 is 11.6 Å². The van der Waals surface area contributed by atoms with E-state index in [2.05, 4.69) is 26.1 Å². The number of hydrogen-bond acceptors (Lipinski definition) is 1. The van der Waals surface area contributed by atoms with E-state index in [-0.39, 0.29) is 5.41 Å². The van der Waals surface area contributed by atoms with Gasteiger partial charge >= 0.3 is 0 Å². The van der Waals surface area contributed by atoms with Crippen molar-refractivity contribution in [1.82, 2.24) is 5.32 Å². The van der Waals surface area contributed by atoms with Crippen molar-refractivity contribution >= 4 is 0 Å². The van der Waals surface area contributed by atoms with E-state index in [9.17, 15) is 8.78 Å². The summed E-state index contributed by atoms with van der Waals surface area (Å²) in [5.41, 5.74) is 1.02. The standard InChI is InChI=1S/C16H25F2N/c1-4-5-6-9-16(2,3)12-19-11-13-7-8-14(17)15(18)10-13/h7-8,10,19H,4-6,9,11-12H2,1-3H3. The molecule has 1 nitrogen and oxygen atoms in total. The van der Waals surface area contributed by atoms with Gasteiger partial charge in [-0.25, -0.2) is 8.78 Å². The van der Waals surface area contributed by atoms with Crippen molar-refractivity contribution in [3.05, 3.63) is 35.4 Å². The lowest BCUT2D eigenvalue weighted by Gasteiger charge is -2.25. The molecule has 0 radical (unpaired) electrons. The largest absolute Gasteiger partial charge is 0.312 e. The second kappa shape index (κ2) is 7.59. The SMILES string of the molecule is CCCCCC(C)(C)CNCc1ccc(F)c(F)c1. The molecule has 0 atom stereocenters. The summed E-state index contributed by atoms with van der Waals surface area (Å²) in [5.74, 6) is -1.56. The van der Waals surface area contributed by atoms with E-state index in [1.807, 2.05) is 0 Å². The van der Waals surface area contributed by atoms with Gasteiger partial charge in [0.15, 0.2) is 11.6 Å². The molecule has 0 aliphatic carbocycles. The molecule has 0 fully saturated rings. The van der Waals surface area contributed by atoms with Crippen LogP contribution >= 0.6 is 0 Å². The zero-order valence-electron chi connectivity index (χ0n) is 12.2. The van der Waals surface area contributed by atoms with Gasteiger partial charge in [-0.3, -0.25) is 0 Å². The number of rotatable bonds is 8. The Morgan fingerprint density at radius 2 is 1.84 bits per heavy atom. The molecule has 3 heteroatoms. The Bertz CT molecular complexity index is 388. The predicted octanol–water partition coefficient (Wildman–Crippen LogP) is 4.66. The minimum atomic E-state index is -0.788. The lowest BCUT2D eigenvalue weighted by atomic mass is 9.87. The molecular formula is C16H25F2N. The number of nitrogens with one attached hydrogen (secondary N) is 1. The molecule has 0 saturated carbocycles. The third-order valence-electron chi connectivity index (χ3n) is 3.37. The van der Waals surface area contributed by atoms with Crippen LogP contribution in [0.5, 0.6) is 0 Å². The van der Waals surface area contributed by atoms with Crippen molar-refractivity contribution in [2.45, 2.75) is 53.0 Å². The molecule has 0 spiro atoms. The average molecular weight is 269 g/mol. The van der Waals surface area contributed by atoms with Crippen LogP contribution in [0.3, 0.4) is 0 Å². The Morgan fingerprint density at radius 1 is 1.11 bits per heavy atom. The first-order valence-corrected chi connectivity index (χ1v) is 7.09. The second-order valence-corrected chi connectivity index (χ2v) is 5.97. The van der Waals surface area contributed by atoms with Gasteiger partial charge in [-0.2, -0.15) is 0 Å². The Balaban J connectivity index is 2.34. The number of benzene rings is 1. The van der Waals surface area contributed by atoms with E-state index in [0.29, 0.717) is 6.54 Å². The van der Waals surface area contributed by atoms with Crippen LogP contribution in [0, 0.1) is 17.0 Å². The summed E-state index contributed by atoms with van der Waals surface area (Å²) in [6, 6.07) is 4.06. The van der Waals surface area contributed by atoms with Gasteiger partial charge in [0, 0.05) is 13.1 Å². The lowest BCUT2D eigenvalue weighted by molar-refractivity contribution is 0.302. The highest BCUT2D eigenvalue weighted by Gasteiger charge is 2.16. The van der Waals surface area contributed by atoms with Crippen LogP contribution in [-0.2, 0) is 6.54 Å². The summed E-state index contributed by atoms with van der Waals surface area (Å²) in [5, 5.41) is 3.33. The molecule has 0 saturated heterocycles. The zero-order valence-corrected chi connectivity index (χ0v) is 12.2. The maximum absolute atomic E-state index is 13.0. The normalized spacial score (nSPS) is 11.8. The van der Waals surface area contributed by atoms with Gasteiger partial charge in [0.1, 0.15) is 0 Å². The van der Waals surface area contributed by atoms with Gasteiger partial charge in [-0.1, -0.05) is 46.1 Å². The van der Waals surface area contributed by atoms with Gasteiger partial charge in [0.2, 0.25) is 0 Å². The van der Waals surface area contributed by atoms with Crippen LogP contribution in [0.25, 0.3) is 0 Å². The fourth-order valence-corrected chi connectivity index (χ4v) is 2.14. The van der Waals surface area contributed by atoms with Crippen molar-refractivity contribution in [3.8, 4) is 0 Å². The molecule has 0 aromatic heterocycles. The van der Waals surface area contributed by atoms with E-state index in [1.54, 1.807) is 6.07 Å². The Morgan fingerprint density at radius 3 is 2.47 bits per heavy atom. The Hall–Kier alpha value is -0.960. The van der Waals surface area contributed by atoms with Crippen molar-refractivity contribution < 1.29 is 8.78 Å². The zero-order chi connectivity index (χ0) is 14.3. The van der Waals surface area contributed by atoms with E-state index in [4.69, 9.17) is 0 Å². The van der Waals surface area contributed by atoms with Crippen LogP contribution in [0.1, 0.15) is 52.0 Å². The molecule has 1 rings (SSSR count). The maximum Gasteiger partial charge on any atom is 0.159 e. The molecule has 108 valence electrons. The number of unbranched alkanes of at least 4 members (excludes halogenated alkanes) is 2. The summed E-state index contributed by atoms with van der Waals surface area (Å²) in [7, 11) is 0. The average Bonchev–Trinajstić information content (AvgIpc) is 2.34. The first kappa shape index (κ1) is 16.1. The molecule has 0 amide bonds. The monoisotopic (exact) mass is 269 g/mol. The molecule has 0 heterocycles. The minimum absolute atomic E-state index is 0.244. The molecule has 1 aromatic carbocycles. The summed E-state index contributed by atoms with van der Waals surface area (Å²) in [4.78, 5) is 0. The minimum Gasteiger partial charge on any atom is -0.312 e. The summed E-state index contributed by atoms with van der Waals surface area (Å²) in [6.07, 6.45) is 4.94. The van der Waals surface area contributed by atoms with E-state index >= 15 is 0 Å². The molecule has 1 aromatic rings. The van der Waals surface area contributed by atoms with Gasteiger partial charge in [0.25, 0.3) is 0 Å². The number of halogens is 2. The molecule has 19 heavy (non-hydrogen) atoms. The van der Waals surface area contributed by atoms with E-state index in [1.165, 1.54) is 37.8 Å². The number of hydrogen-bond donors (Lipinski definition) is 1. The molecule has 0 aliphatic heterocycles. The second-order valence-electron chi connectivity index (χ2n) is 5.97. The lowest BCUT2D eigenvalue weighted by Crippen LogP contribution is -2.29. The van der Waals surface area contributed by atoms with Gasteiger partial charge in [-0.15, -0.1) is 0 Å². The Labute approximate surface area is 115 Å². The van der Waals surface area contributed by atoms with Crippen LogP contribution in [0.2, 0.25) is 0 Å². The smallest absolute Gasteiger partial charge is 0.159 e. The summed E-state index contributed by atoms with van der Waals surface area (Å²) in [6.45, 7) is 8.14. The molecule has 1 N–H and O–H groups in total. The van der Waals surface area contributed by atoms with Crippen molar-refractivity contribution in [3.63, 3.8) is 0 Å². The summed E-state index contributed by atoms with van der Waals surface area (Å²) < 4.78 is 25.8. The molecule has 0 aliphatic rings. The fraction of sp³-hybridized carbons (Fsp3) is 0.625. The first-order valence-electron chi connectivity index (χ1n) is 7.09. The molecule has 0 bridgehead atoms. The van der Waals surface area contributed by atoms with Crippen molar-refractivity contribution in [2.24, 2.45) is 5.41 Å². The van der Waals surface area contributed by atoms with Gasteiger partial charge in [-0.05, 0) is 29.5 Å².